The number of carboxylic acids is 1. The fourth-order valence-corrected chi connectivity index (χ4v) is 1.54. The van der Waals surface area contributed by atoms with Crippen LogP contribution in [0.25, 0.3) is 0 Å². The summed E-state index contributed by atoms with van der Waals surface area (Å²) in [6.45, 7) is 1.99. The predicted molar refractivity (Wildman–Crippen MR) is 74.6 cm³/mol. The third-order valence-corrected chi connectivity index (χ3v) is 2.93. The molecule has 2 aromatic carbocycles. The molecule has 0 aliphatic carbocycles. The quantitative estimate of drug-likeness (QED) is 0.824. The lowest BCUT2D eigenvalue weighted by atomic mass is 10.2. The maximum atomic E-state index is 10.3. The molecule has 0 fully saturated rings. The Bertz CT molecular complexity index is 518. The molecule has 94 valence electrons. The van der Waals surface area contributed by atoms with Crippen LogP contribution < -0.4 is 0 Å². The van der Waals surface area contributed by atoms with Gasteiger partial charge in [0.25, 0.3) is 0 Å². The second kappa shape index (κ2) is 7.04. The van der Waals surface area contributed by atoms with Gasteiger partial charge in [0.1, 0.15) is 0 Å². The van der Waals surface area contributed by atoms with Crippen LogP contribution in [-0.2, 0) is 0 Å². The highest BCUT2D eigenvalue weighted by Gasteiger charge is 2.04. The summed E-state index contributed by atoms with van der Waals surface area (Å²) in [6, 6.07) is 14.1. The summed E-state index contributed by atoms with van der Waals surface area (Å²) in [5, 5.41) is 9.59. The zero-order valence-electron chi connectivity index (χ0n) is 9.73. The highest BCUT2D eigenvalue weighted by molar-refractivity contribution is 6.33. The van der Waals surface area contributed by atoms with Gasteiger partial charge in [0.15, 0.2) is 0 Å². The minimum absolute atomic E-state index is 0.143. The lowest BCUT2D eigenvalue weighted by Crippen LogP contribution is -1.95. The SMILES string of the molecule is Cc1ccccc1Cl.O=C(O)c1ccccc1Cl. The molecule has 4 heteroatoms. The zero-order valence-corrected chi connectivity index (χ0v) is 11.2. The Morgan fingerprint density at radius 2 is 1.44 bits per heavy atom. The lowest BCUT2D eigenvalue weighted by molar-refractivity contribution is 0.0697. The van der Waals surface area contributed by atoms with Crippen LogP contribution in [0.5, 0.6) is 0 Å². The molecule has 2 rings (SSSR count). The third kappa shape index (κ3) is 4.40. The molecular weight excluding hydrogens is 271 g/mol. The van der Waals surface area contributed by atoms with Gasteiger partial charge in [0, 0.05) is 5.02 Å². The summed E-state index contributed by atoms with van der Waals surface area (Å²) in [5.41, 5.74) is 1.28. The van der Waals surface area contributed by atoms with Gasteiger partial charge in [-0.05, 0) is 30.7 Å². The highest BCUT2D eigenvalue weighted by atomic mass is 35.5. The van der Waals surface area contributed by atoms with Crippen molar-refractivity contribution >= 4 is 29.2 Å². The first-order valence-corrected chi connectivity index (χ1v) is 5.97. The van der Waals surface area contributed by atoms with Crippen LogP contribution in [0.2, 0.25) is 10.0 Å². The molecule has 2 aromatic rings. The minimum Gasteiger partial charge on any atom is -0.478 e. The number of carboxylic acid groups (broad SMARTS) is 1. The topological polar surface area (TPSA) is 37.3 Å². The number of hydrogen-bond donors (Lipinski definition) is 1. The maximum absolute atomic E-state index is 10.3. The van der Waals surface area contributed by atoms with E-state index in [1.165, 1.54) is 6.07 Å². The first kappa shape index (κ1) is 14.6. The largest absolute Gasteiger partial charge is 0.478 e. The molecule has 18 heavy (non-hydrogen) atoms. The van der Waals surface area contributed by atoms with Crippen molar-refractivity contribution in [1.29, 1.82) is 0 Å². The van der Waals surface area contributed by atoms with Gasteiger partial charge < -0.3 is 5.11 Å². The van der Waals surface area contributed by atoms with Gasteiger partial charge in [0.05, 0.1) is 10.6 Å². The van der Waals surface area contributed by atoms with E-state index < -0.39 is 5.97 Å². The molecule has 0 amide bonds. The molecule has 0 saturated carbocycles. The molecule has 0 unspecified atom stereocenters. The van der Waals surface area contributed by atoms with E-state index >= 15 is 0 Å². The van der Waals surface area contributed by atoms with Gasteiger partial charge in [0.2, 0.25) is 0 Å². The van der Waals surface area contributed by atoms with Crippen LogP contribution in [0.4, 0.5) is 0 Å². The fourth-order valence-electron chi connectivity index (χ4n) is 1.19. The van der Waals surface area contributed by atoms with Crippen molar-refractivity contribution in [2.45, 2.75) is 6.92 Å². The molecule has 0 heterocycles. The van der Waals surface area contributed by atoms with E-state index in [4.69, 9.17) is 28.3 Å². The van der Waals surface area contributed by atoms with Crippen molar-refractivity contribution < 1.29 is 9.90 Å². The molecule has 0 aliphatic heterocycles. The Balaban J connectivity index is 0.000000184. The smallest absolute Gasteiger partial charge is 0.337 e. The van der Waals surface area contributed by atoms with Gasteiger partial charge in [-0.3, -0.25) is 0 Å². The van der Waals surface area contributed by atoms with Crippen LogP contribution >= 0.6 is 23.2 Å². The van der Waals surface area contributed by atoms with Crippen LogP contribution in [0, 0.1) is 6.92 Å². The summed E-state index contributed by atoms with van der Waals surface area (Å²) in [6.07, 6.45) is 0. The Morgan fingerprint density at radius 3 is 1.78 bits per heavy atom. The van der Waals surface area contributed by atoms with E-state index in [0.29, 0.717) is 0 Å². The van der Waals surface area contributed by atoms with Crippen LogP contribution in [-0.4, -0.2) is 11.1 Å². The van der Waals surface area contributed by atoms with E-state index in [1.54, 1.807) is 18.2 Å². The number of carbonyl (C=O) groups is 1. The first-order chi connectivity index (χ1) is 8.52. The van der Waals surface area contributed by atoms with E-state index in [0.717, 1.165) is 10.6 Å². The summed E-state index contributed by atoms with van der Waals surface area (Å²) in [7, 11) is 0. The number of halogens is 2. The maximum Gasteiger partial charge on any atom is 0.337 e. The summed E-state index contributed by atoms with van der Waals surface area (Å²) in [4.78, 5) is 10.3. The Kier molecular flexibility index (Phi) is 5.69. The summed E-state index contributed by atoms with van der Waals surface area (Å²) in [5.74, 6) is -0.995. The number of hydrogen-bond acceptors (Lipinski definition) is 1. The number of aromatic carboxylic acids is 1. The third-order valence-electron chi connectivity index (χ3n) is 2.18. The predicted octanol–water partition coefficient (Wildman–Crippen LogP) is 4.69. The molecule has 0 bridgehead atoms. The number of aryl methyl sites for hydroxylation is 1. The van der Waals surface area contributed by atoms with Crippen molar-refractivity contribution in [2.75, 3.05) is 0 Å². The molecule has 0 aromatic heterocycles. The van der Waals surface area contributed by atoms with Crippen molar-refractivity contribution in [3.8, 4) is 0 Å². The summed E-state index contributed by atoms with van der Waals surface area (Å²) >= 11 is 11.2. The minimum atomic E-state index is -0.995. The fraction of sp³-hybridized carbons (Fsp3) is 0.0714. The van der Waals surface area contributed by atoms with Crippen molar-refractivity contribution in [3.63, 3.8) is 0 Å². The molecule has 2 nitrogen and oxygen atoms in total. The standard InChI is InChI=1S/C7H5ClO2.C7H7Cl/c8-6-4-2-1-3-5(6)7(9)10;1-6-4-2-3-5-7(6)8/h1-4H,(H,9,10);2-5H,1H3. The monoisotopic (exact) mass is 282 g/mol. The first-order valence-electron chi connectivity index (χ1n) is 5.21. The second-order valence-corrected chi connectivity index (χ2v) is 4.35. The van der Waals surface area contributed by atoms with E-state index in [9.17, 15) is 4.79 Å². The van der Waals surface area contributed by atoms with Gasteiger partial charge in [-0.15, -0.1) is 0 Å². The second-order valence-electron chi connectivity index (χ2n) is 3.53. The van der Waals surface area contributed by atoms with Gasteiger partial charge >= 0.3 is 5.97 Å². The Morgan fingerprint density at radius 1 is 0.944 bits per heavy atom. The number of benzene rings is 2. The average Bonchev–Trinajstić information content (AvgIpc) is 2.34. The molecule has 0 radical (unpaired) electrons. The van der Waals surface area contributed by atoms with Gasteiger partial charge in [-0.2, -0.15) is 0 Å². The number of rotatable bonds is 1. The highest BCUT2D eigenvalue weighted by Crippen LogP contribution is 2.14. The molecule has 0 spiro atoms. The van der Waals surface area contributed by atoms with Crippen molar-refractivity contribution in [3.05, 3.63) is 69.7 Å². The molecule has 0 aliphatic rings. The van der Waals surface area contributed by atoms with Crippen LogP contribution in [0.1, 0.15) is 15.9 Å². The average molecular weight is 283 g/mol. The normalized spacial score (nSPS) is 9.28. The summed E-state index contributed by atoms with van der Waals surface area (Å²) < 4.78 is 0. The van der Waals surface area contributed by atoms with Gasteiger partial charge in [-0.25, -0.2) is 4.79 Å². The van der Waals surface area contributed by atoms with Crippen LogP contribution in [0.15, 0.2) is 48.5 Å². The lowest BCUT2D eigenvalue weighted by Gasteiger charge is -1.94. The molecule has 0 saturated heterocycles. The zero-order chi connectivity index (χ0) is 13.5. The van der Waals surface area contributed by atoms with Crippen LogP contribution in [0.3, 0.4) is 0 Å². The Labute approximate surface area is 116 Å². The van der Waals surface area contributed by atoms with E-state index in [-0.39, 0.29) is 10.6 Å². The van der Waals surface area contributed by atoms with E-state index in [2.05, 4.69) is 0 Å². The molecule has 0 atom stereocenters. The van der Waals surface area contributed by atoms with E-state index in [1.807, 2.05) is 31.2 Å². The van der Waals surface area contributed by atoms with Gasteiger partial charge in [-0.1, -0.05) is 53.5 Å². The van der Waals surface area contributed by atoms with Crippen molar-refractivity contribution in [2.24, 2.45) is 0 Å². The Hall–Kier alpha value is -1.51. The molecular formula is C14H12Cl2O2. The van der Waals surface area contributed by atoms with Crippen molar-refractivity contribution in [1.82, 2.24) is 0 Å². The molecule has 1 N–H and O–H groups in total.